The van der Waals surface area contributed by atoms with Gasteiger partial charge in [0.2, 0.25) is 0 Å². The van der Waals surface area contributed by atoms with Crippen molar-refractivity contribution >= 4 is 62.2 Å². The van der Waals surface area contributed by atoms with Crippen molar-refractivity contribution in [1.82, 2.24) is 10.2 Å². The van der Waals surface area contributed by atoms with Gasteiger partial charge in [-0.15, -0.1) is 10.2 Å². The van der Waals surface area contributed by atoms with E-state index >= 15 is 0 Å². The molecular formula is C28H31Cl2N5O5S. The fraction of sp³-hybridized carbons (Fsp3) is 0.393. The number of carbonyl (C=O) groups excluding carboxylic acids is 1. The number of nitrogens with zero attached hydrogens (tertiary/aromatic N) is 5. The van der Waals surface area contributed by atoms with Crippen molar-refractivity contribution in [2.45, 2.75) is 37.7 Å². The minimum atomic E-state index is -4.23. The molecule has 0 aliphatic carbocycles. The Bertz CT molecular complexity index is 1520. The van der Waals surface area contributed by atoms with E-state index in [0.717, 1.165) is 34.5 Å². The molecule has 0 atom stereocenters. The molecule has 3 aromatic rings. The molecule has 0 N–H and O–H groups in total. The summed E-state index contributed by atoms with van der Waals surface area (Å²) in [5, 5.41) is 9.22. The SMILES string of the molecule is CC(C)(C)OC(=O)CN(c1ccc2c(c1)CCN2c1ccc(N2CCOCC2)nn1)S(=O)(=O)c1cc(Cl)cc(Cl)c1. The van der Waals surface area contributed by atoms with E-state index in [1.54, 1.807) is 32.9 Å². The molecule has 2 aromatic carbocycles. The maximum Gasteiger partial charge on any atom is 0.327 e. The number of esters is 1. The molecule has 1 saturated heterocycles. The summed E-state index contributed by atoms with van der Waals surface area (Å²) in [6.07, 6.45) is 0.652. The van der Waals surface area contributed by atoms with Gasteiger partial charge >= 0.3 is 5.97 Å². The molecule has 2 aliphatic rings. The smallest absolute Gasteiger partial charge is 0.327 e. The molecule has 0 unspecified atom stereocenters. The first kappa shape index (κ1) is 29.4. The molecule has 10 nitrogen and oxygen atoms in total. The first-order chi connectivity index (χ1) is 19.4. The van der Waals surface area contributed by atoms with E-state index in [0.29, 0.717) is 37.7 Å². The lowest BCUT2D eigenvalue weighted by molar-refractivity contribution is -0.152. The maximum absolute atomic E-state index is 13.8. The van der Waals surface area contributed by atoms with Crippen LogP contribution < -0.4 is 14.1 Å². The Labute approximate surface area is 249 Å². The Morgan fingerprint density at radius 2 is 1.63 bits per heavy atom. The van der Waals surface area contributed by atoms with Gasteiger partial charge in [-0.1, -0.05) is 23.2 Å². The van der Waals surface area contributed by atoms with Gasteiger partial charge in [0, 0.05) is 35.4 Å². The van der Waals surface area contributed by atoms with Crippen molar-refractivity contribution < 1.29 is 22.7 Å². The average Bonchev–Trinajstić information content (AvgIpc) is 3.34. The molecule has 1 fully saturated rings. The highest BCUT2D eigenvalue weighted by atomic mass is 35.5. The Hall–Kier alpha value is -3.12. The van der Waals surface area contributed by atoms with E-state index in [1.165, 1.54) is 18.2 Å². The van der Waals surface area contributed by atoms with E-state index in [1.807, 2.05) is 23.1 Å². The van der Waals surface area contributed by atoms with Crippen molar-refractivity contribution in [1.29, 1.82) is 0 Å². The molecule has 1 aromatic heterocycles. The van der Waals surface area contributed by atoms with Gasteiger partial charge in [-0.05, 0) is 81.3 Å². The third-order valence-corrected chi connectivity index (χ3v) is 8.80. The number of morpholine rings is 1. The Morgan fingerprint density at radius 1 is 0.976 bits per heavy atom. The van der Waals surface area contributed by atoms with Crippen LogP contribution in [0, 0.1) is 0 Å². The number of rotatable bonds is 7. The van der Waals surface area contributed by atoms with Gasteiger partial charge in [-0.25, -0.2) is 8.42 Å². The number of anilines is 4. The molecule has 218 valence electrons. The quantitative estimate of drug-likeness (QED) is 0.343. The first-order valence-corrected chi connectivity index (χ1v) is 15.4. The molecule has 5 rings (SSSR count). The number of hydrogen-bond donors (Lipinski definition) is 0. The van der Waals surface area contributed by atoms with Crippen molar-refractivity contribution in [3.63, 3.8) is 0 Å². The van der Waals surface area contributed by atoms with Crippen LogP contribution in [0.3, 0.4) is 0 Å². The second-order valence-corrected chi connectivity index (χ2v) is 13.5. The Morgan fingerprint density at radius 3 is 2.27 bits per heavy atom. The van der Waals surface area contributed by atoms with Gasteiger partial charge < -0.3 is 19.3 Å². The van der Waals surface area contributed by atoms with Crippen molar-refractivity contribution in [2.75, 3.05) is 53.5 Å². The van der Waals surface area contributed by atoms with Crippen LogP contribution in [0.2, 0.25) is 10.0 Å². The lowest BCUT2D eigenvalue weighted by atomic mass is 10.1. The second kappa shape index (κ2) is 11.6. The van der Waals surface area contributed by atoms with Crippen molar-refractivity contribution in [3.05, 3.63) is 64.1 Å². The van der Waals surface area contributed by atoms with Gasteiger partial charge in [-0.3, -0.25) is 9.10 Å². The number of fused-ring (bicyclic) bond motifs is 1. The summed E-state index contributed by atoms with van der Waals surface area (Å²) >= 11 is 12.2. The zero-order valence-corrected chi connectivity index (χ0v) is 25.3. The number of ether oxygens (including phenoxy) is 2. The van der Waals surface area contributed by atoms with Crippen LogP contribution >= 0.6 is 23.2 Å². The van der Waals surface area contributed by atoms with Crippen LogP contribution in [-0.4, -0.2) is 69.6 Å². The standard InChI is InChI=1S/C28H31Cl2N5O5S/c1-28(2,3)40-27(36)18-35(41(37,38)23-16-20(29)15-21(30)17-23)22-4-5-24-19(14-22)8-9-34(24)26-7-6-25(31-32-26)33-10-12-39-13-11-33/h4-7,14-17H,8-13,18H2,1-3H3. The summed E-state index contributed by atoms with van der Waals surface area (Å²) in [5.74, 6) is 0.809. The first-order valence-electron chi connectivity index (χ1n) is 13.2. The molecule has 41 heavy (non-hydrogen) atoms. The summed E-state index contributed by atoms with van der Waals surface area (Å²) in [4.78, 5) is 16.9. The number of sulfonamides is 1. The topological polar surface area (TPSA) is 105 Å². The number of benzene rings is 2. The molecule has 13 heteroatoms. The molecule has 0 radical (unpaired) electrons. The monoisotopic (exact) mass is 619 g/mol. The summed E-state index contributed by atoms with van der Waals surface area (Å²) in [5.41, 5.74) is 1.34. The summed E-state index contributed by atoms with van der Waals surface area (Å²) in [7, 11) is -4.23. The largest absolute Gasteiger partial charge is 0.459 e. The fourth-order valence-electron chi connectivity index (χ4n) is 4.82. The Kier molecular flexibility index (Phi) is 8.34. The van der Waals surface area contributed by atoms with E-state index < -0.39 is 28.1 Å². The predicted molar refractivity (Wildman–Crippen MR) is 159 cm³/mol. The van der Waals surface area contributed by atoms with Crippen LogP contribution in [0.15, 0.2) is 53.4 Å². The lowest BCUT2D eigenvalue weighted by Crippen LogP contribution is -2.39. The van der Waals surface area contributed by atoms with E-state index in [2.05, 4.69) is 15.1 Å². The number of carbonyl (C=O) groups is 1. The molecular weight excluding hydrogens is 589 g/mol. The minimum absolute atomic E-state index is 0.128. The highest BCUT2D eigenvalue weighted by Crippen LogP contribution is 2.37. The molecule has 0 bridgehead atoms. The normalized spacial score (nSPS) is 15.5. The van der Waals surface area contributed by atoms with Gasteiger partial charge in [-0.2, -0.15) is 0 Å². The zero-order chi connectivity index (χ0) is 29.4. The molecule has 3 heterocycles. The summed E-state index contributed by atoms with van der Waals surface area (Å²) in [6.45, 7) is 8.16. The maximum atomic E-state index is 13.8. The van der Waals surface area contributed by atoms with Gasteiger partial charge in [0.15, 0.2) is 11.6 Å². The van der Waals surface area contributed by atoms with E-state index in [-0.39, 0.29) is 14.9 Å². The van der Waals surface area contributed by atoms with Crippen molar-refractivity contribution in [2.24, 2.45) is 0 Å². The van der Waals surface area contributed by atoms with E-state index in [9.17, 15) is 13.2 Å². The highest BCUT2D eigenvalue weighted by Gasteiger charge is 2.32. The van der Waals surface area contributed by atoms with Gasteiger partial charge in [0.05, 0.1) is 23.8 Å². The number of hydrogen-bond acceptors (Lipinski definition) is 9. The molecule has 0 amide bonds. The third-order valence-electron chi connectivity index (χ3n) is 6.61. The Balaban J connectivity index is 1.45. The lowest BCUT2D eigenvalue weighted by Gasteiger charge is -2.28. The third kappa shape index (κ3) is 6.69. The van der Waals surface area contributed by atoms with Crippen LogP contribution in [0.5, 0.6) is 0 Å². The van der Waals surface area contributed by atoms with E-state index in [4.69, 9.17) is 32.7 Å². The van der Waals surface area contributed by atoms with Gasteiger partial charge in [0.25, 0.3) is 10.0 Å². The zero-order valence-electron chi connectivity index (χ0n) is 23.0. The fourth-order valence-corrected chi connectivity index (χ4v) is 6.94. The van der Waals surface area contributed by atoms with Gasteiger partial charge in [0.1, 0.15) is 12.1 Å². The molecule has 2 aliphatic heterocycles. The minimum Gasteiger partial charge on any atom is -0.459 e. The van der Waals surface area contributed by atoms with Crippen LogP contribution in [0.25, 0.3) is 0 Å². The average molecular weight is 621 g/mol. The molecule has 0 saturated carbocycles. The van der Waals surface area contributed by atoms with Crippen LogP contribution in [0.4, 0.5) is 23.0 Å². The summed E-state index contributed by atoms with van der Waals surface area (Å²) < 4.78 is 39.6. The highest BCUT2D eigenvalue weighted by molar-refractivity contribution is 7.92. The number of halogens is 2. The predicted octanol–water partition coefficient (Wildman–Crippen LogP) is 4.85. The molecule has 0 spiro atoms. The van der Waals surface area contributed by atoms with Crippen molar-refractivity contribution in [3.8, 4) is 0 Å². The van der Waals surface area contributed by atoms with Crippen LogP contribution in [0.1, 0.15) is 26.3 Å². The second-order valence-electron chi connectivity index (χ2n) is 10.8. The number of aromatic nitrogens is 2. The van der Waals surface area contributed by atoms with Crippen LogP contribution in [-0.2, 0) is 30.7 Å². The summed E-state index contributed by atoms with van der Waals surface area (Å²) in [6, 6.07) is 13.2.